The second kappa shape index (κ2) is 7.64. The van der Waals surface area contributed by atoms with Crippen molar-refractivity contribution in [1.82, 2.24) is 5.32 Å². The van der Waals surface area contributed by atoms with E-state index in [-0.39, 0.29) is 25.0 Å². The van der Waals surface area contributed by atoms with E-state index in [1.807, 2.05) is 30.3 Å². The van der Waals surface area contributed by atoms with Crippen molar-refractivity contribution in [2.45, 2.75) is 19.3 Å². The summed E-state index contributed by atoms with van der Waals surface area (Å²) in [5.74, 6) is 0.0409. The Bertz CT molecular complexity index is 729. The molecule has 0 saturated heterocycles. The Balaban J connectivity index is 1.41. The first-order chi connectivity index (χ1) is 11.7. The van der Waals surface area contributed by atoms with Crippen molar-refractivity contribution >= 4 is 17.5 Å². The van der Waals surface area contributed by atoms with Crippen LogP contribution in [0.2, 0.25) is 0 Å². The highest BCUT2D eigenvalue weighted by molar-refractivity contribution is 5.94. The standard InChI is InChI=1S/C19H20N2O3/c22-18(21-16-10-9-14-5-4-6-15(14)11-16)12-20-19(23)13-24-17-7-2-1-3-8-17/h1-3,7-11H,4-6,12-13H2,(H,20,23)(H,21,22). The van der Waals surface area contributed by atoms with Crippen molar-refractivity contribution in [3.63, 3.8) is 0 Å². The predicted octanol–water partition coefficient (Wildman–Crippen LogP) is 2.31. The van der Waals surface area contributed by atoms with Gasteiger partial charge < -0.3 is 15.4 Å². The van der Waals surface area contributed by atoms with Crippen molar-refractivity contribution in [2.24, 2.45) is 0 Å². The molecule has 2 aromatic rings. The molecule has 0 radical (unpaired) electrons. The van der Waals surface area contributed by atoms with Gasteiger partial charge in [-0.25, -0.2) is 0 Å². The van der Waals surface area contributed by atoms with Crippen molar-refractivity contribution in [3.8, 4) is 5.75 Å². The minimum atomic E-state index is -0.331. The Morgan fingerprint density at radius 2 is 1.75 bits per heavy atom. The Hall–Kier alpha value is -2.82. The summed E-state index contributed by atoms with van der Waals surface area (Å²) >= 11 is 0. The van der Waals surface area contributed by atoms with E-state index in [0.29, 0.717) is 5.75 Å². The summed E-state index contributed by atoms with van der Waals surface area (Å²) in [5.41, 5.74) is 3.43. The highest BCUT2D eigenvalue weighted by Gasteiger charge is 2.12. The van der Waals surface area contributed by atoms with Crippen LogP contribution in [0.5, 0.6) is 5.75 Å². The molecule has 5 heteroatoms. The number of ether oxygens (including phenoxy) is 1. The first-order valence-electron chi connectivity index (χ1n) is 8.07. The molecule has 0 heterocycles. The summed E-state index contributed by atoms with van der Waals surface area (Å²) < 4.78 is 5.33. The molecule has 0 aliphatic heterocycles. The van der Waals surface area contributed by atoms with Crippen LogP contribution in [0, 0.1) is 0 Å². The smallest absolute Gasteiger partial charge is 0.258 e. The molecule has 2 aromatic carbocycles. The van der Waals surface area contributed by atoms with Crippen LogP contribution in [0.3, 0.4) is 0 Å². The average Bonchev–Trinajstić information content (AvgIpc) is 3.07. The zero-order valence-corrected chi connectivity index (χ0v) is 13.4. The van der Waals surface area contributed by atoms with Crippen LogP contribution in [0.1, 0.15) is 17.5 Å². The highest BCUT2D eigenvalue weighted by Crippen LogP contribution is 2.24. The van der Waals surface area contributed by atoms with Crippen LogP contribution in [0.4, 0.5) is 5.69 Å². The average molecular weight is 324 g/mol. The molecule has 5 nitrogen and oxygen atoms in total. The van der Waals surface area contributed by atoms with Crippen molar-refractivity contribution in [3.05, 3.63) is 59.7 Å². The molecule has 124 valence electrons. The Kier molecular flexibility index (Phi) is 5.11. The number of benzene rings is 2. The molecule has 1 aliphatic rings. The third kappa shape index (κ3) is 4.35. The molecule has 2 N–H and O–H groups in total. The van der Waals surface area contributed by atoms with Gasteiger partial charge in [-0.3, -0.25) is 9.59 Å². The largest absolute Gasteiger partial charge is 0.484 e. The van der Waals surface area contributed by atoms with Gasteiger partial charge in [0.05, 0.1) is 6.54 Å². The van der Waals surface area contributed by atoms with E-state index in [4.69, 9.17) is 4.74 Å². The molecule has 3 rings (SSSR count). The Labute approximate surface area is 141 Å². The lowest BCUT2D eigenvalue weighted by Gasteiger charge is -2.09. The lowest BCUT2D eigenvalue weighted by atomic mass is 10.1. The number of carbonyl (C=O) groups is 2. The summed E-state index contributed by atoms with van der Waals surface area (Å²) in [7, 11) is 0. The number of fused-ring (bicyclic) bond motifs is 1. The second-order valence-corrected chi connectivity index (χ2v) is 5.76. The summed E-state index contributed by atoms with van der Waals surface area (Å²) in [5, 5.41) is 5.36. The van der Waals surface area contributed by atoms with E-state index in [0.717, 1.165) is 18.5 Å². The van der Waals surface area contributed by atoms with E-state index in [2.05, 4.69) is 16.7 Å². The van der Waals surface area contributed by atoms with E-state index < -0.39 is 0 Å². The van der Waals surface area contributed by atoms with Crippen molar-refractivity contribution < 1.29 is 14.3 Å². The number of hydrogen-bond acceptors (Lipinski definition) is 3. The number of rotatable bonds is 6. The van der Waals surface area contributed by atoms with Gasteiger partial charge in [-0.2, -0.15) is 0 Å². The van der Waals surface area contributed by atoms with Gasteiger partial charge in [-0.05, 0) is 54.7 Å². The highest BCUT2D eigenvalue weighted by atomic mass is 16.5. The molecule has 0 fully saturated rings. The zero-order valence-electron chi connectivity index (χ0n) is 13.4. The molecule has 2 amide bonds. The van der Waals surface area contributed by atoms with Gasteiger partial charge in [0.15, 0.2) is 6.61 Å². The minimum Gasteiger partial charge on any atom is -0.484 e. The summed E-state index contributed by atoms with van der Waals surface area (Å²) in [6.45, 7) is -0.190. The number of carbonyl (C=O) groups excluding carboxylic acids is 2. The number of para-hydroxylation sites is 1. The topological polar surface area (TPSA) is 67.4 Å². The second-order valence-electron chi connectivity index (χ2n) is 5.76. The lowest BCUT2D eigenvalue weighted by molar-refractivity contribution is -0.125. The number of nitrogens with one attached hydrogen (secondary N) is 2. The van der Waals surface area contributed by atoms with E-state index in [9.17, 15) is 9.59 Å². The summed E-state index contributed by atoms with van der Waals surface area (Å²) in [6, 6.07) is 15.1. The maximum absolute atomic E-state index is 11.9. The van der Waals surface area contributed by atoms with E-state index in [1.54, 1.807) is 12.1 Å². The monoisotopic (exact) mass is 324 g/mol. The fourth-order valence-corrected chi connectivity index (χ4v) is 2.75. The molecule has 0 bridgehead atoms. The zero-order chi connectivity index (χ0) is 16.8. The van der Waals surface area contributed by atoms with Gasteiger partial charge >= 0.3 is 0 Å². The SMILES string of the molecule is O=C(COc1ccccc1)NCC(=O)Nc1ccc2c(c1)CCC2. The lowest BCUT2D eigenvalue weighted by Crippen LogP contribution is -2.35. The fraction of sp³-hybridized carbons (Fsp3) is 0.263. The molecule has 0 saturated carbocycles. The molecular weight excluding hydrogens is 304 g/mol. The number of amides is 2. The minimum absolute atomic E-state index is 0.0753. The third-order valence-electron chi connectivity index (χ3n) is 3.94. The molecule has 0 spiro atoms. The quantitative estimate of drug-likeness (QED) is 0.857. The third-order valence-corrected chi connectivity index (χ3v) is 3.94. The van der Waals surface area contributed by atoms with Gasteiger partial charge in [0.1, 0.15) is 5.75 Å². The van der Waals surface area contributed by atoms with Crippen LogP contribution in [0.15, 0.2) is 48.5 Å². The number of hydrogen-bond donors (Lipinski definition) is 2. The van der Waals surface area contributed by atoms with Crippen LogP contribution in [0.25, 0.3) is 0 Å². The van der Waals surface area contributed by atoms with Gasteiger partial charge in [0.25, 0.3) is 5.91 Å². The maximum Gasteiger partial charge on any atom is 0.258 e. The van der Waals surface area contributed by atoms with Crippen molar-refractivity contribution in [2.75, 3.05) is 18.5 Å². The van der Waals surface area contributed by atoms with Crippen molar-refractivity contribution in [1.29, 1.82) is 0 Å². The first-order valence-corrected chi connectivity index (χ1v) is 8.07. The fourth-order valence-electron chi connectivity index (χ4n) is 2.75. The maximum atomic E-state index is 11.9. The van der Waals surface area contributed by atoms with Crippen LogP contribution < -0.4 is 15.4 Å². The summed E-state index contributed by atoms with van der Waals surface area (Å²) in [4.78, 5) is 23.6. The molecule has 0 unspecified atom stereocenters. The van der Waals surface area contributed by atoms with Crippen LogP contribution in [-0.4, -0.2) is 25.0 Å². The predicted molar refractivity (Wildman–Crippen MR) is 92.0 cm³/mol. The molecular formula is C19H20N2O3. The molecule has 0 aromatic heterocycles. The molecule has 24 heavy (non-hydrogen) atoms. The Morgan fingerprint density at radius 1 is 0.958 bits per heavy atom. The molecule has 0 atom stereocenters. The van der Waals surface area contributed by atoms with E-state index in [1.165, 1.54) is 17.5 Å². The van der Waals surface area contributed by atoms with Gasteiger partial charge in [-0.1, -0.05) is 24.3 Å². The van der Waals surface area contributed by atoms with Gasteiger partial charge in [0.2, 0.25) is 5.91 Å². The summed E-state index contributed by atoms with van der Waals surface area (Å²) in [6.07, 6.45) is 3.35. The molecule has 1 aliphatic carbocycles. The Morgan fingerprint density at radius 3 is 2.58 bits per heavy atom. The normalized spacial score (nSPS) is 12.3. The van der Waals surface area contributed by atoms with Crippen LogP contribution >= 0.6 is 0 Å². The van der Waals surface area contributed by atoms with Gasteiger partial charge in [0, 0.05) is 5.69 Å². The number of anilines is 1. The number of aryl methyl sites for hydroxylation is 2. The van der Waals surface area contributed by atoms with Gasteiger partial charge in [-0.15, -0.1) is 0 Å². The van der Waals surface area contributed by atoms with E-state index >= 15 is 0 Å². The van der Waals surface area contributed by atoms with Crippen LogP contribution in [-0.2, 0) is 22.4 Å². The first kappa shape index (κ1) is 16.1.